The van der Waals surface area contributed by atoms with E-state index in [2.05, 4.69) is 20.4 Å². The summed E-state index contributed by atoms with van der Waals surface area (Å²) in [5, 5.41) is 7.78. The van der Waals surface area contributed by atoms with Crippen LogP contribution >= 0.6 is 0 Å². The van der Waals surface area contributed by atoms with Gasteiger partial charge in [-0.05, 0) is 42.8 Å². The van der Waals surface area contributed by atoms with Crippen LogP contribution in [0.5, 0.6) is 0 Å². The van der Waals surface area contributed by atoms with Gasteiger partial charge in [-0.25, -0.2) is 23.2 Å². The summed E-state index contributed by atoms with van der Waals surface area (Å²) >= 11 is 0. The molecule has 4 heterocycles. The summed E-state index contributed by atoms with van der Waals surface area (Å²) in [4.78, 5) is 22.4. The topological polar surface area (TPSA) is 75.9 Å². The Morgan fingerprint density at radius 1 is 1.16 bits per heavy atom. The standard InChI is InChI=1S/C22H18F2N6O/c23-16-6-8-29(13-16)22(31)27-17-4-5-18(24)20(10-17)30-12-15-9-14(11-26-21(15)28-30)19-3-1-2-7-25-19/h1-5,7,9-12,16H,6,8,13H2,(H,27,31)/t16-/m1/s1. The molecule has 4 aromatic rings. The largest absolute Gasteiger partial charge is 0.322 e. The molecule has 156 valence electrons. The van der Waals surface area contributed by atoms with Crippen LogP contribution in [0.1, 0.15) is 6.42 Å². The Morgan fingerprint density at radius 3 is 2.84 bits per heavy atom. The number of carbonyl (C=O) groups is 1. The molecule has 31 heavy (non-hydrogen) atoms. The Bertz CT molecular complexity index is 1260. The van der Waals surface area contributed by atoms with Crippen LogP contribution in [-0.4, -0.2) is 49.9 Å². The average Bonchev–Trinajstić information content (AvgIpc) is 3.41. The van der Waals surface area contributed by atoms with E-state index in [0.29, 0.717) is 24.3 Å². The molecule has 0 spiro atoms. The third-order valence-electron chi connectivity index (χ3n) is 5.18. The quantitative estimate of drug-likeness (QED) is 0.539. The molecular weight excluding hydrogens is 402 g/mol. The molecule has 5 rings (SSSR count). The first-order valence-electron chi connectivity index (χ1n) is 9.83. The van der Waals surface area contributed by atoms with E-state index in [4.69, 9.17) is 0 Å². The molecule has 7 nitrogen and oxygen atoms in total. The molecule has 0 aliphatic carbocycles. The molecule has 0 saturated carbocycles. The van der Waals surface area contributed by atoms with Crippen molar-refractivity contribution < 1.29 is 13.6 Å². The van der Waals surface area contributed by atoms with E-state index in [1.165, 1.54) is 27.8 Å². The zero-order valence-corrected chi connectivity index (χ0v) is 16.4. The van der Waals surface area contributed by atoms with Gasteiger partial charge in [-0.15, -0.1) is 5.10 Å². The van der Waals surface area contributed by atoms with E-state index in [1.807, 2.05) is 24.3 Å². The zero-order chi connectivity index (χ0) is 21.4. The van der Waals surface area contributed by atoms with Crippen molar-refractivity contribution in [3.05, 3.63) is 66.9 Å². The molecule has 1 saturated heterocycles. The number of amides is 2. The van der Waals surface area contributed by atoms with Crippen LogP contribution in [-0.2, 0) is 0 Å². The normalized spacial score (nSPS) is 16.1. The number of halogens is 2. The molecule has 0 bridgehead atoms. The molecular formula is C22H18F2N6O. The van der Waals surface area contributed by atoms with Crippen molar-refractivity contribution >= 4 is 22.8 Å². The number of alkyl halides is 1. The van der Waals surface area contributed by atoms with Crippen molar-refractivity contribution in [2.45, 2.75) is 12.6 Å². The molecule has 1 aliphatic heterocycles. The molecule has 3 aromatic heterocycles. The summed E-state index contributed by atoms with van der Waals surface area (Å²) in [5.41, 5.74) is 2.62. The molecule has 2 amide bonds. The lowest BCUT2D eigenvalue weighted by atomic mass is 10.1. The lowest BCUT2D eigenvalue weighted by molar-refractivity contribution is 0.218. The van der Waals surface area contributed by atoms with Crippen LogP contribution < -0.4 is 5.32 Å². The van der Waals surface area contributed by atoms with Crippen molar-refractivity contribution in [2.24, 2.45) is 0 Å². The van der Waals surface area contributed by atoms with Gasteiger partial charge >= 0.3 is 6.03 Å². The highest BCUT2D eigenvalue weighted by molar-refractivity contribution is 5.90. The van der Waals surface area contributed by atoms with Crippen molar-refractivity contribution in [3.63, 3.8) is 0 Å². The number of pyridine rings is 2. The summed E-state index contributed by atoms with van der Waals surface area (Å²) in [7, 11) is 0. The summed E-state index contributed by atoms with van der Waals surface area (Å²) in [6.45, 7) is 0.421. The number of benzene rings is 1. The van der Waals surface area contributed by atoms with E-state index >= 15 is 0 Å². The fraction of sp³-hybridized carbons (Fsp3) is 0.182. The van der Waals surface area contributed by atoms with Gasteiger partial charge in [-0.1, -0.05) is 6.07 Å². The number of fused-ring (bicyclic) bond motifs is 1. The van der Waals surface area contributed by atoms with Gasteiger partial charge < -0.3 is 10.2 Å². The van der Waals surface area contributed by atoms with Crippen molar-refractivity contribution in [1.82, 2.24) is 24.6 Å². The van der Waals surface area contributed by atoms with E-state index < -0.39 is 18.0 Å². The first-order valence-corrected chi connectivity index (χ1v) is 9.83. The molecule has 9 heteroatoms. The van der Waals surface area contributed by atoms with Gasteiger partial charge in [0.2, 0.25) is 0 Å². The van der Waals surface area contributed by atoms with Gasteiger partial charge in [0.05, 0.1) is 12.2 Å². The Morgan fingerprint density at radius 2 is 2.06 bits per heavy atom. The maximum Gasteiger partial charge on any atom is 0.321 e. The minimum atomic E-state index is -1.01. The number of nitrogens with zero attached hydrogens (tertiary/aromatic N) is 5. The third-order valence-corrected chi connectivity index (χ3v) is 5.18. The van der Waals surface area contributed by atoms with E-state index in [1.54, 1.807) is 18.6 Å². The van der Waals surface area contributed by atoms with Crippen molar-refractivity contribution in [1.29, 1.82) is 0 Å². The number of urea groups is 1. The van der Waals surface area contributed by atoms with Crippen LogP contribution in [0.2, 0.25) is 0 Å². The number of likely N-dealkylation sites (tertiary alicyclic amines) is 1. The van der Waals surface area contributed by atoms with Gasteiger partial charge in [-0.2, -0.15) is 0 Å². The second-order valence-corrected chi connectivity index (χ2v) is 7.35. The third kappa shape index (κ3) is 3.81. The van der Waals surface area contributed by atoms with Crippen LogP contribution in [0.25, 0.3) is 28.0 Å². The van der Waals surface area contributed by atoms with E-state index in [9.17, 15) is 13.6 Å². The molecule has 1 aliphatic rings. The minimum absolute atomic E-state index is 0.0642. The molecule has 0 unspecified atom stereocenters. The number of hydrogen-bond donors (Lipinski definition) is 1. The van der Waals surface area contributed by atoms with Crippen LogP contribution in [0.3, 0.4) is 0 Å². The van der Waals surface area contributed by atoms with Crippen LogP contribution in [0.4, 0.5) is 19.3 Å². The second-order valence-electron chi connectivity index (χ2n) is 7.35. The summed E-state index contributed by atoms with van der Waals surface area (Å²) in [6.07, 6.45) is 4.37. The lowest BCUT2D eigenvalue weighted by Gasteiger charge is -2.16. The second kappa shape index (κ2) is 7.75. The fourth-order valence-corrected chi connectivity index (χ4v) is 3.58. The maximum absolute atomic E-state index is 14.6. The average molecular weight is 420 g/mol. The monoisotopic (exact) mass is 420 g/mol. The highest BCUT2D eigenvalue weighted by Crippen LogP contribution is 2.24. The first-order chi connectivity index (χ1) is 15.1. The maximum atomic E-state index is 14.6. The number of aromatic nitrogens is 4. The predicted molar refractivity (Wildman–Crippen MR) is 112 cm³/mol. The summed E-state index contributed by atoms with van der Waals surface area (Å²) in [6, 6.07) is 11.3. The number of nitrogens with one attached hydrogen (secondary N) is 1. The van der Waals surface area contributed by atoms with Crippen LogP contribution in [0, 0.1) is 5.82 Å². The fourth-order valence-electron chi connectivity index (χ4n) is 3.58. The Hall–Kier alpha value is -3.88. The smallest absolute Gasteiger partial charge is 0.321 e. The van der Waals surface area contributed by atoms with E-state index in [-0.39, 0.29) is 12.2 Å². The van der Waals surface area contributed by atoms with Gasteiger partial charge in [0.1, 0.15) is 17.7 Å². The van der Waals surface area contributed by atoms with Crippen LogP contribution in [0.15, 0.2) is 61.1 Å². The zero-order valence-electron chi connectivity index (χ0n) is 16.4. The SMILES string of the molecule is O=C(Nc1ccc(F)c(-n2cc3cc(-c4ccccn4)cnc3n2)c1)N1CC[C@@H](F)C1. The molecule has 1 atom stereocenters. The van der Waals surface area contributed by atoms with Crippen molar-refractivity contribution in [3.8, 4) is 16.9 Å². The molecule has 1 fully saturated rings. The minimum Gasteiger partial charge on any atom is -0.322 e. The highest BCUT2D eigenvalue weighted by atomic mass is 19.1. The van der Waals surface area contributed by atoms with Gasteiger partial charge in [0.15, 0.2) is 5.65 Å². The highest BCUT2D eigenvalue weighted by Gasteiger charge is 2.26. The lowest BCUT2D eigenvalue weighted by Crippen LogP contribution is -2.33. The summed E-state index contributed by atoms with van der Waals surface area (Å²) in [5.74, 6) is -0.499. The van der Waals surface area contributed by atoms with Gasteiger partial charge in [0, 0.05) is 41.8 Å². The number of carbonyl (C=O) groups excluding carboxylic acids is 1. The Labute approximate surface area is 176 Å². The predicted octanol–water partition coefficient (Wildman–Crippen LogP) is 4.20. The van der Waals surface area contributed by atoms with E-state index in [0.717, 1.165) is 16.6 Å². The first kappa shape index (κ1) is 19.1. The molecule has 1 N–H and O–H groups in total. The Balaban J connectivity index is 1.44. The van der Waals surface area contributed by atoms with Crippen molar-refractivity contribution in [2.75, 3.05) is 18.4 Å². The Kier molecular flexibility index (Phi) is 4.78. The molecule has 1 aromatic carbocycles. The number of anilines is 1. The molecule has 0 radical (unpaired) electrons. The van der Waals surface area contributed by atoms with Gasteiger partial charge in [0.25, 0.3) is 0 Å². The summed E-state index contributed by atoms with van der Waals surface area (Å²) < 4.78 is 29.3. The number of hydrogen-bond acceptors (Lipinski definition) is 4. The van der Waals surface area contributed by atoms with Gasteiger partial charge in [-0.3, -0.25) is 4.98 Å². The number of rotatable bonds is 3.